The number of rotatable bonds is 3. The molecule has 2 saturated carbocycles. The van der Waals surface area contributed by atoms with E-state index in [1.165, 1.54) is 64.2 Å². The van der Waals surface area contributed by atoms with Crippen LogP contribution in [0, 0.1) is 0 Å². The summed E-state index contributed by atoms with van der Waals surface area (Å²) in [5.41, 5.74) is 9.05. The Labute approximate surface area is 125 Å². The van der Waals surface area contributed by atoms with Gasteiger partial charge in [-0.2, -0.15) is 0 Å². The number of morpholine rings is 1. The first kappa shape index (κ1) is 15.2. The van der Waals surface area contributed by atoms with Gasteiger partial charge in [0, 0.05) is 0 Å². The molecule has 1 saturated heterocycles. The summed E-state index contributed by atoms with van der Waals surface area (Å²) in [5, 5.41) is 0. The average molecular weight is 300 g/mol. The van der Waals surface area contributed by atoms with Gasteiger partial charge in [-0.25, -0.2) is 0 Å². The predicted octanol–water partition coefficient (Wildman–Crippen LogP) is 3.52. The molecule has 4 heteroatoms. The first-order valence-corrected chi connectivity index (χ1v) is 11.1. The van der Waals surface area contributed by atoms with Crippen molar-refractivity contribution in [3.8, 4) is 0 Å². The van der Waals surface area contributed by atoms with E-state index in [-0.39, 0.29) is 0 Å². The van der Waals surface area contributed by atoms with Gasteiger partial charge in [-0.15, -0.1) is 0 Å². The molecule has 0 atom stereocenters. The van der Waals surface area contributed by atoms with Crippen molar-refractivity contribution in [2.75, 3.05) is 26.3 Å². The summed E-state index contributed by atoms with van der Waals surface area (Å²) >= 11 is 0. The van der Waals surface area contributed by atoms with Crippen LogP contribution in [0.2, 0.25) is 0 Å². The number of hydrogen-bond donors (Lipinski definition) is 1. The molecule has 3 nitrogen and oxygen atoms in total. The Balaban J connectivity index is 1.79. The van der Waals surface area contributed by atoms with E-state index in [0.29, 0.717) is 0 Å². The normalized spacial score (nSPS) is 29.4. The van der Waals surface area contributed by atoms with E-state index in [2.05, 4.69) is 4.67 Å². The van der Waals surface area contributed by atoms with Gasteiger partial charge < -0.3 is 0 Å². The second-order valence-electron chi connectivity index (χ2n) is 7.16. The molecule has 0 amide bonds. The van der Waals surface area contributed by atoms with E-state index >= 15 is 0 Å². The fourth-order valence-corrected chi connectivity index (χ4v) is 10.3. The molecule has 20 heavy (non-hydrogen) atoms. The molecule has 3 aliphatic rings. The zero-order valence-electron chi connectivity index (χ0n) is 13.0. The topological polar surface area (TPSA) is 38.5 Å². The SMILES string of the molecule is N[PH](C1CCCCC1)(C1CCCCC1)N1CCOCC1. The zero-order valence-corrected chi connectivity index (χ0v) is 14.0. The molecular formula is C16H33N2OP. The fraction of sp³-hybridized carbons (Fsp3) is 1.00. The van der Waals surface area contributed by atoms with E-state index < -0.39 is 7.56 Å². The van der Waals surface area contributed by atoms with Crippen molar-refractivity contribution in [2.24, 2.45) is 5.50 Å². The quantitative estimate of drug-likeness (QED) is 0.810. The van der Waals surface area contributed by atoms with Gasteiger partial charge in [-0.1, -0.05) is 0 Å². The van der Waals surface area contributed by atoms with E-state index in [4.69, 9.17) is 10.2 Å². The van der Waals surface area contributed by atoms with Crippen molar-refractivity contribution in [2.45, 2.75) is 75.5 Å². The summed E-state index contributed by atoms with van der Waals surface area (Å²) in [6.45, 7) is 4.03. The van der Waals surface area contributed by atoms with Crippen LogP contribution >= 0.6 is 7.56 Å². The van der Waals surface area contributed by atoms with Crippen molar-refractivity contribution >= 4 is 7.56 Å². The van der Waals surface area contributed by atoms with Crippen LogP contribution in [0.5, 0.6) is 0 Å². The van der Waals surface area contributed by atoms with Crippen molar-refractivity contribution < 1.29 is 4.74 Å². The molecule has 0 radical (unpaired) electrons. The van der Waals surface area contributed by atoms with Crippen LogP contribution in [-0.4, -0.2) is 42.3 Å². The van der Waals surface area contributed by atoms with Gasteiger partial charge in [-0.3, -0.25) is 0 Å². The second-order valence-corrected chi connectivity index (χ2v) is 11.2. The summed E-state index contributed by atoms with van der Waals surface area (Å²) in [6.07, 6.45) is 14.2. The van der Waals surface area contributed by atoms with E-state index in [1.54, 1.807) is 0 Å². The third-order valence-electron chi connectivity index (χ3n) is 6.08. The minimum absolute atomic E-state index is 0.859. The Morgan fingerprint density at radius 1 is 0.750 bits per heavy atom. The standard InChI is InChI=1S/C16H33N2OP/c17-20(15-7-3-1-4-8-15,16-9-5-2-6-10-16)18-11-13-19-14-12-18/h15-16,20H,1-14,17H2. The maximum atomic E-state index is 7.33. The number of nitrogens with zero attached hydrogens (tertiary/aromatic N) is 1. The molecule has 2 N–H and O–H groups in total. The molecule has 1 aliphatic heterocycles. The van der Waals surface area contributed by atoms with Gasteiger partial charge in [0.05, 0.1) is 0 Å². The van der Waals surface area contributed by atoms with Crippen LogP contribution in [0.15, 0.2) is 0 Å². The van der Waals surface area contributed by atoms with Gasteiger partial charge in [0.1, 0.15) is 0 Å². The monoisotopic (exact) mass is 300 g/mol. The first-order chi connectivity index (χ1) is 9.82. The Bertz CT molecular complexity index is 249. The summed E-state index contributed by atoms with van der Waals surface area (Å²) in [5.74, 6) is 0. The van der Waals surface area contributed by atoms with Crippen molar-refractivity contribution in [1.29, 1.82) is 0 Å². The summed E-state index contributed by atoms with van der Waals surface area (Å²) in [4.78, 5) is 0. The molecule has 0 aromatic heterocycles. The van der Waals surface area contributed by atoms with Crippen LogP contribution in [0.4, 0.5) is 0 Å². The maximum absolute atomic E-state index is 7.33. The molecular weight excluding hydrogens is 267 g/mol. The molecule has 0 bridgehead atoms. The molecule has 118 valence electrons. The second kappa shape index (κ2) is 7.05. The molecule has 2 aliphatic carbocycles. The summed E-state index contributed by atoms with van der Waals surface area (Å²) in [7, 11) is -1.79. The Morgan fingerprint density at radius 2 is 1.20 bits per heavy atom. The van der Waals surface area contributed by atoms with Crippen molar-refractivity contribution in [3.63, 3.8) is 0 Å². The number of hydrogen-bond acceptors (Lipinski definition) is 3. The predicted molar refractivity (Wildman–Crippen MR) is 88.6 cm³/mol. The van der Waals surface area contributed by atoms with Crippen LogP contribution < -0.4 is 5.50 Å². The third kappa shape index (κ3) is 3.06. The summed E-state index contributed by atoms with van der Waals surface area (Å²) in [6, 6.07) is 0. The molecule has 0 unspecified atom stereocenters. The van der Waals surface area contributed by atoms with Gasteiger partial charge >= 0.3 is 124 Å². The molecule has 1 heterocycles. The van der Waals surface area contributed by atoms with Gasteiger partial charge in [0.15, 0.2) is 0 Å². The number of ether oxygens (including phenoxy) is 1. The Hall–Kier alpha value is 0.310. The van der Waals surface area contributed by atoms with Crippen LogP contribution in [0.1, 0.15) is 64.2 Å². The van der Waals surface area contributed by atoms with E-state index in [0.717, 1.165) is 37.6 Å². The Kier molecular flexibility index (Phi) is 5.36. The third-order valence-corrected chi connectivity index (χ3v) is 11.4. The molecule has 3 rings (SSSR count). The zero-order chi connectivity index (χ0) is 13.8. The molecule has 0 aromatic carbocycles. The molecule has 0 spiro atoms. The molecule has 0 aromatic rings. The van der Waals surface area contributed by atoms with Crippen molar-refractivity contribution in [1.82, 2.24) is 4.67 Å². The van der Waals surface area contributed by atoms with Crippen LogP contribution in [0.3, 0.4) is 0 Å². The fourth-order valence-electron chi connectivity index (χ4n) is 4.93. The van der Waals surface area contributed by atoms with Crippen LogP contribution in [0.25, 0.3) is 0 Å². The molecule has 3 fully saturated rings. The van der Waals surface area contributed by atoms with Gasteiger partial charge in [-0.05, 0) is 0 Å². The average Bonchev–Trinajstić information content (AvgIpc) is 2.56. The number of nitrogens with two attached hydrogens (primary N) is 1. The minimum atomic E-state index is -1.79. The summed E-state index contributed by atoms with van der Waals surface area (Å²) < 4.78 is 8.35. The van der Waals surface area contributed by atoms with Crippen LogP contribution in [-0.2, 0) is 4.74 Å². The van der Waals surface area contributed by atoms with E-state index in [1.807, 2.05) is 0 Å². The Morgan fingerprint density at radius 3 is 1.65 bits per heavy atom. The van der Waals surface area contributed by atoms with E-state index in [9.17, 15) is 0 Å². The van der Waals surface area contributed by atoms with Gasteiger partial charge in [0.25, 0.3) is 0 Å². The van der Waals surface area contributed by atoms with Gasteiger partial charge in [0.2, 0.25) is 0 Å². The first-order valence-electron chi connectivity index (χ1n) is 8.93. The van der Waals surface area contributed by atoms with Crippen molar-refractivity contribution in [3.05, 3.63) is 0 Å².